The van der Waals surface area contributed by atoms with Crippen molar-refractivity contribution in [2.45, 2.75) is 32.4 Å². The predicted molar refractivity (Wildman–Crippen MR) is 55.1 cm³/mol. The summed E-state index contributed by atoms with van der Waals surface area (Å²) in [5, 5.41) is 2.98. The Hall–Kier alpha value is -0.610. The van der Waals surface area contributed by atoms with Gasteiger partial charge < -0.3 is 15.0 Å². The Bertz CT molecular complexity index is 211. The van der Waals surface area contributed by atoms with E-state index in [9.17, 15) is 4.79 Å². The number of hydrogen-bond acceptors (Lipinski definition) is 3. The van der Waals surface area contributed by atoms with Gasteiger partial charge >= 0.3 is 0 Å². The van der Waals surface area contributed by atoms with Crippen molar-refractivity contribution in [2.24, 2.45) is 0 Å². The van der Waals surface area contributed by atoms with E-state index in [0.29, 0.717) is 19.8 Å². The average Bonchev–Trinajstić information content (AvgIpc) is 2.25. The lowest BCUT2D eigenvalue weighted by Gasteiger charge is -2.35. The molecule has 1 atom stereocenters. The maximum absolute atomic E-state index is 12.0. The molecule has 0 radical (unpaired) electrons. The average molecular weight is 200 g/mol. The van der Waals surface area contributed by atoms with Crippen LogP contribution >= 0.6 is 0 Å². The van der Waals surface area contributed by atoms with Crippen LogP contribution in [0.1, 0.15) is 20.8 Å². The molecule has 1 saturated heterocycles. The molecule has 0 aromatic heterocycles. The van der Waals surface area contributed by atoms with Gasteiger partial charge in [0.05, 0.1) is 13.2 Å². The van der Waals surface area contributed by atoms with Gasteiger partial charge in [-0.3, -0.25) is 4.79 Å². The van der Waals surface area contributed by atoms with E-state index in [0.717, 1.165) is 0 Å². The molecule has 1 aliphatic rings. The summed E-state index contributed by atoms with van der Waals surface area (Å²) in [6, 6.07) is -0.197. The molecule has 4 heteroatoms. The highest BCUT2D eigenvalue weighted by Gasteiger charge is 2.32. The number of hydrogen-bond donors (Lipinski definition) is 1. The molecule has 0 aromatic rings. The Morgan fingerprint density at radius 3 is 2.64 bits per heavy atom. The molecule has 1 heterocycles. The van der Waals surface area contributed by atoms with Crippen LogP contribution in [0.5, 0.6) is 0 Å². The molecule has 0 spiro atoms. The Balaban J connectivity index is 2.78. The molecule has 0 saturated carbocycles. The van der Waals surface area contributed by atoms with Gasteiger partial charge in [-0.2, -0.15) is 0 Å². The van der Waals surface area contributed by atoms with Gasteiger partial charge in [-0.1, -0.05) is 0 Å². The van der Waals surface area contributed by atoms with Crippen molar-refractivity contribution in [1.82, 2.24) is 10.2 Å². The van der Waals surface area contributed by atoms with E-state index in [2.05, 4.69) is 5.32 Å². The van der Waals surface area contributed by atoms with Crippen LogP contribution < -0.4 is 5.32 Å². The maximum Gasteiger partial charge on any atom is 0.242 e. The van der Waals surface area contributed by atoms with Crippen LogP contribution in [-0.2, 0) is 9.53 Å². The molecule has 0 aromatic carbocycles. The highest BCUT2D eigenvalue weighted by molar-refractivity contribution is 5.82. The number of amides is 1. The van der Waals surface area contributed by atoms with E-state index < -0.39 is 0 Å². The van der Waals surface area contributed by atoms with Crippen LogP contribution in [0.25, 0.3) is 0 Å². The second-order valence-electron chi connectivity index (χ2n) is 4.58. The lowest BCUT2D eigenvalue weighted by molar-refractivity contribution is -0.137. The lowest BCUT2D eigenvalue weighted by Crippen LogP contribution is -2.53. The molecule has 1 fully saturated rings. The first kappa shape index (κ1) is 11.5. The topological polar surface area (TPSA) is 41.6 Å². The van der Waals surface area contributed by atoms with Crippen molar-refractivity contribution in [3.05, 3.63) is 0 Å². The molecule has 14 heavy (non-hydrogen) atoms. The first-order valence-corrected chi connectivity index (χ1v) is 5.03. The quantitative estimate of drug-likeness (QED) is 0.659. The van der Waals surface area contributed by atoms with E-state index >= 15 is 0 Å². The van der Waals surface area contributed by atoms with Crippen molar-refractivity contribution in [1.29, 1.82) is 0 Å². The summed E-state index contributed by atoms with van der Waals surface area (Å²) >= 11 is 0. The van der Waals surface area contributed by atoms with E-state index in [1.807, 2.05) is 25.7 Å². The van der Waals surface area contributed by atoms with Crippen LogP contribution in [0.4, 0.5) is 0 Å². The summed E-state index contributed by atoms with van der Waals surface area (Å²) in [5.41, 5.74) is -0.125. The van der Waals surface area contributed by atoms with Gasteiger partial charge in [0.15, 0.2) is 0 Å². The molecule has 4 nitrogen and oxygen atoms in total. The summed E-state index contributed by atoms with van der Waals surface area (Å²) in [6.07, 6.45) is 0. The van der Waals surface area contributed by atoms with Crippen molar-refractivity contribution < 1.29 is 9.53 Å². The summed E-state index contributed by atoms with van der Waals surface area (Å²) in [5.74, 6) is 0.137. The number of carbonyl (C=O) groups is 1. The maximum atomic E-state index is 12.0. The third-order valence-electron chi connectivity index (χ3n) is 2.47. The molecule has 0 bridgehead atoms. The first-order chi connectivity index (χ1) is 6.46. The first-order valence-electron chi connectivity index (χ1n) is 5.03. The van der Waals surface area contributed by atoms with E-state index in [4.69, 9.17) is 4.74 Å². The number of nitrogens with one attached hydrogen (secondary N) is 1. The molecular formula is C10H20N2O2. The number of rotatable bonds is 1. The van der Waals surface area contributed by atoms with Crippen molar-refractivity contribution >= 4 is 5.91 Å². The summed E-state index contributed by atoms with van der Waals surface area (Å²) in [6.45, 7) is 7.92. The molecule has 1 rings (SSSR count). The van der Waals surface area contributed by atoms with Gasteiger partial charge in [0.25, 0.3) is 0 Å². The van der Waals surface area contributed by atoms with Crippen LogP contribution in [-0.4, -0.2) is 49.2 Å². The SMILES string of the molecule is CNC1COCCN(C(C)(C)C)C1=O. The number of nitrogens with zero attached hydrogens (tertiary/aromatic N) is 1. The molecule has 1 N–H and O–H groups in total. The van der Waals surface area contributed by atoms with Crippen LogP contribution in [0.15, 0.2) is 0 Å². The summed E-state index contributed by atoms with van der Waals surface area (Å²) in [7, 11) is 1.79. The largest absolute Gasteiger partial charge is 0.377 e. The molecule has 0 aliphatic carbocycles. The fraction of sp³-hybridized carbons (Fsp3) is 0.900. The Labute approximate surface area is 85.6 Å². The Morgan fingerprint density at radius 2 is 2.14 bits per heavy atom. The fourth-order valence-electron chi connectivity index (χ4n) is 1.60. The minimum absolute atomic E-state index is 0.125. The van der Waals surface area contributed by atoms with E-state index in [-0.39, 0.29) is 17.5 Å². The second kappa shape index (κ2) is 4.28. The molecule has 82 valence electrons. The van der Waals surface area contributed by atoms with Crippen LogP contribution in [0, 0.1) is 0 Å². The molecule has 1 aliphatic heterocycles. The fourth-order valence-corrected chi connectivity index (χ4v) is 1.60. The van der Waals surface area contributed by atoms with Gasteiger partial charge in [0.2, 0.25) is 5.91 Å². The van der Waals surface area contributed by atoms with E-state index in [1.54, 1.807) is 7.05 Å². The lowest BCUT2D eigenvalue weighted by atomic mass is 10.0. The monoisotopic (exact) mass is 200 g/mol. The second-order valence-corrected chi connectivity index (χ2v) is 4.58. The molecule has 1 amide bonds. The zero-order valence-corrected chi connectivity index (χ0v) is 9.46. The van der Waals surface area contributed by atoms with Crippen molar-refractivity contribution in [3.8, 4) is 0 Å². The smallest absolute Gasteiger partial charge is 0.242 e. The normalized spacial score (nSPS) is 25.0. The van der Waals surface area contributed by atoms with Gasteiger partial charge in [0, 0.05) is 12.1 Å². The third kappa shape index (κ3) is 2.45. The minimum atomic E-state index is -0.197. The third-order valence-corrected chi connectivity index (χ3v) is 2.47. The summed E-state index contributed by atoms with van der Waals surface area (Å²) < 4.78 is 5.37. The number of carbonyl (C=O) groups excluding carboxylic acids is 1. The van der Waals surface area contributed by atoms with E-state index in [1.165, 1.54) is 0 Å². The molecular weight excluding hydrogens is 180 g/mol. The van der Waals surface area contributed by atoms with Crippen LogP contribution in [0.2, 0.25) is 0 Å². The highest BCUT2D eigenvalue weighted by atomic mass is 16.5. The van der Waals surface area contributed by atoms with Gasteiger partial charge in [-0.15, -0.1) is 0 Å². The van der Waals surface area contributed by atoms with Gasteiger partial charge in [0.1, 0.15) is 6.04 Å². The standard InChI is InChI=1S/C10H20N2O2/c1-10(2,3)12-5-6-14-7-8(11-4)9(12)13/h8,11H,5-7H2,1-4H3. The Morgan fingerprint density at radius 1 is 1.50 bits per heavy atom. The predicted octanol–water partition coefficient (Wildman–Crippen LogP) is 0.232. The van der Waals surface area contributed by atoms with Crippen molar-refractivity contribution in [3.63, 3.8) is 0 Å². The molecule has 1 unspecified atom stereocenters. The number of ether oxygens (including phenoxy) is 1. The zero-order valence-electron chi connectivity index (χ0n) is 9.46. The van der Waals surface area contributed by atoms with Gasteiger partial charge in [-0.05, 0) is 27.8 Å². The Kier molecular flexibility index (Phi) is 3.50. The van der Waals surface area contributed by atoms with Crippen molar-refractivity contribution in [2.75, 3.05) is 26.8 Å². The number of likely N-dealkylation sites (N-methyl/N-ethyl adjacent to an activating group) is 1. The minimum Gasteiger partial charge on any atom is -0.377 e. The summed E-state index contributed by atoms with van der Waals surface area (Å²) in [4.78, 5) is 13.9. The highest BCUT2D eigenvalue weighted by Crippen LogP contribution is 2.16. The van der Waals surface area contributed by atoms with Crippen LogP contribution in [0.3, 0.4) is 0 Å². The zero-order chi connectivity index (χ0) is 10.8. The van der Waals surface area contributed by atoms with Gasteiger partial charge in [-0.25, -0.2) is 0 Å².